The van der Waals surface area contributed by atoms with Gasteiger partial charge in [0.15, 0.2) is 0 Å². The van der Waals surface area contributed by atoms with Crippen LogP contribution < -0.4 is 9.64 Å². The number of ether oxygens (including phenoxy) is 1. The maximum absolute atomic E-state index is 13.0. The van der Waals surface area contributed by atoms with Gasteiger partial charge in [0.25, 0.3) is 0 Å². The number of anilines is 1. The fourth-order valence-electron chi connectivity index (χ4n) is 4.90. The summed E-state index contributed by atoms with van der Waals surface area (Å²) in [5.74, 6) is -0.528. The summed E-state index contributed by atoms with van der Waals surface area (Å²) >= 11 is 0. The standard InChI is InChI=1S/C24H21NO4/c1-13-6-7-14(2)19(10-13)29-24(28)17-4-3-5-18(12-17)25-22(26)20-15-8-9-16(11-15)21(20)23(25)27/h3-10,12,15-16,20-21H,11H2,1-2H3/t15-,16-,20-,21+/m0/s1. The number of esters is 1. The van der Waals surface area contributed by atoms with Crippen molar-refractivity contribution in [1.29, 1.82) is 0 Å². The number of benzene rings is 2. The van der Waals surface area contributed by atoms with Crippen LogP contribution in [0.2, 0.25) is 0 Å². The third-order valence-electron chi connectivity index (χ3n) is 6.36. The van der Waals surface area contributed by atoms with Gasteiger partial charge in [0.05, 0.1) is 23.1 Å². The number of hydrogen-bond donors (Lipinski definition) is 0. The lowest BCUT2D eigenvalue weighted by molar-refractivity contribution is -0.123. The van der Waals surface area contributed by atoms with Crippen molar-refractivity contribution in [1.82, 2.24) is 0 Å². The molecule has 0 radical (unpaired) electrons. The molecule has 0 aromatic heterocycles. The van der Waals surface area contributed by atoms with Crippen LogP contribution in [0.4, 0.5) is 5.69 Å². The van der Waals surface area contributed by atoms with Gasteiger partial charge in [-0.1, -0.05) is 30.4 Å². The van der Waals surface area contributed by atoms with Crippen LogP contribution in [-0.4, -0.2) is 17.8 Å². The molecule has 3 aliphatic rings. The Morgan fingerprint density at radius 3 is 2.34 bits per heavy atom. The van der Waals surface area contributed by atoms with Crippen molar-refractivity contribution in [2.45, 2.75) is 20.3 Å². The molecular weight excluding hydrogens is 366 g/mol. The summed E-state index contributed by atoms with van der Waals surface area (Å²) in [5, 5.41) is 0. The molecule has 2 aliphatic carbocycles. The van der Waals surface area contributed by atoms with Crippen LogP contribution in [0.15, 0.2) is 54.6 Å². The van der Waals surface area contributed by atoms with E-state index in [1.165, 1.54) is 4.90 Å². The quantitative estimate of drug-likeness (QED) is 0.347. The van der Waals surface area contributed by atoms with E-state index in [9.17, 15) is 14.4 Å². The van der Waals surface area contributed by atoms with E-state index in [0.29, 0.717) is 17.0 Å². The molecule has 1 saturated carbocycles. The van der Waals surface area contributed by atoms with Crippen LogP contribution in [0.5, 0.6) is 5.75 Å². The lowest BCUT2D eigenvalue weighted by Gasteiger charge is -2.18. The summed E-state index contributed by atoms with van der Waals surface area (Å²) in [6.45, 7) is 3.81. The van der Waals surface area contributed by atoms with E-state index in [0.717, 1.165) is 17.5 Å². The maximum atomic E-state index is 13.0. The van der Waals surface area contributed by atoms with Crippen LogP contribution in [0.3, 0.4) is 0 Å². The lowest BCUT2D eigenvalue weighted by Crippen LogP contribution is -2.33. The molecule has 0 N–H and O–H groups in total. The summed E-state index contributed by atoms with van der Waals surface area (Å²) in [6, 6.07) is 12.2. The number of allylic oxidation sites excluding steroid dienone is 2. The average Bonchev–Trinajstić information content (AvgIpc) is 3.38. The van der Waals surface area contributed by atoms with Crippen LogP contribution >= 0.6 is 0 Å². The predicted molar refractivity (Wildman–Crippen MR) is 108 cm³/mol. The van der Waals surface area contributed by atoms with Gasteiger partial charge in [-0.15, -0.1) is 0 Å². The van der Waals surface area contributed by atoms with Gasteiger partial charge < -0.3 is 4.74 Å². The summed E-state index contributed by atoms with van der Waals surface area (Å²) in [7, 11) is 0. The van der Waals surface area contributed by atoms with E-state index in [4.69, 9.17) is 4.74 Å². The number of nitrogens with zero attached hydrogens (tertiary/aromatic N) is 1. The smallest absolute Gasteiger partial charge is 0.343 e. The predicted octanol–water partition coefficient (Wildman–Crippen LogP) is 3.83. The number of amides is 2. The van der Waals surface area contributed by atoms with E-state index < -0.39 is 5.97 Å². The molecule has 1 saturated heterocycles. The zero-order chi connectivity index (χ0) is 20.3. The van der Waals surface area contributed by atoms with Gasteiger partial charge >= 0.3 is 5.97 Å². The van der Waals surface area contributed by atoms with E-state index >= 15 is 0 Å². The molecular formula is C24H21NO4. The van der Waals surface area contributed by atoms with Crippen molar-refractivity contribution in [2.75, 3.05) is 4.90 Å². The number of imide groups is 1. The van der Waals surface area contributed by atoms with E-state index in [2.05, 4.69) is 12.2 Å². The second-order valence-electron chi connectivity index (χ2n) is 8.22. The number of fused-ring (bicyclic) bond motifs is 5. The third-order valence-corrected chi connectivity index (χ3v) is 6.36. The lowest BCUT2D eigenvalue weighted by atomic mass is 9.85. The number of hydrogen-bond acceptors (Lipinski definition) is 4. The Morgan fingerprint density at radius 1 is 0.966 bits per heavy atom. The Labute approximate surface area is 169 Å². The Kier molecular flexibility index (Phi) is 3.95. The minimum Gasteiger partial charge on any atom is -0.423 e. The number of rotatable bonds is 3. The maximum Gasteiger partial charge on any atom is 0.343 e. The summed E-state index contributed by atoms with van der Waals surface area (Å²) in [4.78, 5) is 40.0. The van der Waals surface area contributed by atoms with Crippen LogP contribution in [0.1, 0.15) is 27.9 Å². The van der Waals surface area contributed by atoms with E-state index in [1.54, 1.807) is 24.3 Å². The molecule has 2 bridgehead atoms. The second kappa shape index (κ2) is 6.41. The van der Waals surface area contributed by atoms with E-state index in [-0.39, 0.29) is 35.5 Å². The first-order chi connectivity index (χ1) is 13.9. The molecule has 0 spiro atoms. The van der Waals surface area contributed by atoms with Gasteiger partial charge in [0, 0.05) is 0 Å². The van der Waals surface area contributed by atoms with E-state index in [1.807, 2.05) is 32.0 Å². The molecule has 4 atom stereocenters. The van der Waals surface area contributed by atoms with Crippen molar-refractivity contribution < 1.29 is 19.1 Å². The average molecular weight is 387 g/mol. The fraction of sp³-hybridized carbons (Fsp3) is 0.292. The Morgan fingerprint density at radius 2 is 1.66 bits per heavy atom. The summed E-state index contributed by atoms with van der Waals surface area (Å²) in [6.07, 6.45) is 5.03. The Hall–Kier alpha value is -3.21. The van der Waals surface area contributed by atoms with Gasteiger partial charge in [-0.3, -0.25) is 9.59 Å². The number of carbonyl (C=O) groups excluding carboxylic acids is 3. The molecule has 29 heavy (non-hydrogen) atoms. The van der Waals surface area contributed by atoms with Gasteiger partial charge in [-0.2, -0.15) is 0 Å². The first-order valence-corrected chi connectivity index (χ1v) is 9.89. The van der Waals surface area contributed by atoms with Crippen LogP contribution in [0.25, 0.3) is 0 Å². The molecule has 2 amide bonds. The molecule has 2 aromatic rings. The molecule has 2 fully saturated rings. The van der Waals surface area contributed by atoms with Gasteiger partial charge in [-0.05, 0) is 67.5 Å². The van der Waals surface area contributed by atoms with Crippen molar-refractivity contribution in [3.05, 3.63) is 71.3 Å². The normalized spacial score (nSPS) is 26.9. The monoisotopic (exact) mass is 387 g/mol. The van der Waals surface area contributed by atoms with Crippen molar-refractivity contribution >= 4 is 23.5 Å². The van der Waals surface area contributed by atoms with Crippen LogP contribution in [0, 0.1) is 37.5 Å². The highest BCUT2D eigenvalue weighted by Crippen LogP contribution is 2.53. The zero-order valence-corrected chi connectivity index (χ0v) is 16.3. The SMILES string of the molecule is Cc1ccc(C)c(OC(=O)c2cccc(N3C(=O)[C@@H]4[C@H](C3=O)[C@H]3C=C[C@H]4C3)c2)c1. The topological polar surface area (TPSA) is 63.7 Å². The third kappa shape index (κ3) is 2.72. The highest BCUT2D eigenvalue weighted by molar-refractivity contribution is 6.23. The summed E-state index contributed by atoms with van der Waals surface area (Å²) < 4.78 is 5.56. The molecule has 1 heterocycles. The molecule has 5 rings (SSSR count). The minimum atomic E-state index is -0.512. The first kappa shape index (κ1) is 17.9. The molecule has 5 nitrogen and oxygen atoms in total. The largest absolute Gasteiger partial charge is 0.423 e. The van der Waals surface area contributed by atoms with Crippen molar-refractivity contribution in [2.24, 2.45) is 23.7 Å². The Balaban J connectivity index is 1.42. The zero-order valence-electron chi connectivity index (χ0n) is 16.3. The van der Waals surface area contributed by atoms with Crippen molar-refractivity contribution in [3.8, 4) is 5.75 Å². The van der Waals surface area contributed by atoms with Gasteiger partial charge in [0.2, 0.25) is 11.8 Å². The molecule has 146 valence electrons. The molecule has 5 heteroatoms. The highest BCUT2D eigenvalue weighted by atomic mass is 16.5. The van der Waals surface area contributed by atoms with Crippen LogP contribution in [-0.2, 0) is 9.59 Å². The second-order valence-corrected chi connectivity index (χ2v) is 8.22. The summed E-state index contributed by atoms with van der Waals surface area (Å²) in [5.41, 5.74) is 2.60. The van der Waals surface area contributed by atoms with Gasteiger partial charge in [0.1, 0.15) is 5.75 Å². The minimum absolute atomic E-state index is 0.156. The fourth-order valence-corrected chi connectivity index (χ4v) is 4.90. The number of aryl methyl sites for hydroxylation is 2. The molecule has 1 aliphatic heterocycles. The highest BCUT2D eigenvalue weighted by Gasteiger charge is 2.59. The van der Waals surface area contributed by atoms with Gasteiger partial charge in [-0.25, -0.2) is 9.69 Å². The first-order valence-electron chi connectivity index (χ1n) is 9.89. The molecule has 0 unspecified atom stereocenters. The Bertz CT molecular complexity index is 1060. The van der Waals surface area contributed by atoms with Crippen molar-refractivity contribution in [3.63, 3.8) is 0 Å². The molecule has 2 aromatic carbocycles. The number of carbonyl (C=O) groups is 3.